The summed E-state index contributed by atoms with van der Waals surface area (Å²) in [5.74, 6) is -0.519. The number of amides is 1. The molecule has 0 aliphatic rings. The molecule has 1 N–H and O–H groups in total. The zero-order valence-corrected chi connectivity index (χ0v) is 28.4. The molecule has 11 heteroatoms. The summed E-state index contributed by atoms with van der Waals surface area (Å²) in [5, 5.41) is 2.70. The summed E-state index contributed by atoms with van der Waals surface area (Å²) in [4.78, 5) is 36.1. The van der Waals surface area contributed by atoms with Gasteiger partial charge >= 0.3 is 12.1 Å². The highest BCUT2D eigenvalue weighted by atomic mass is 31.2. The zero-order valence-electron chi connectivity index (χ0n) is 27.5. The van der Waals surface area contributed by atoms with Gasteiger partial charge in [0.05, 0.1) is 27.7 Å². The molecule has 1 amide bonds. The lowest BCUT2D eigenvalue weighted by Crippen LogP contribution is -2.37. The number of quaternary nitrogens is 1. The number of likely N-dealkylation sites (N-methyl/N-ethyl adjacent to an activating group) is 1. The van der Waals surface area contributed by atoms with Crippen LogP contribution in [0.2, 0.25) is 0 Å². The minimum atomic E-state index is -4.59. The number of rotatable bonds is 29. The topological polar surface area (TPSA) is 123 Å². The third kappa shape index (κ3) is 28.9. The van der Waals surface area contributed by atoms with Crippen LogP contribution in [0.25, 0.3) is 0 Å². The lowest BCUT2D eigenvalue weighted by atomic mass is 10.0. The summed E-state index contributed by atoms with van der Waals surface area (Å²) in [7, 11) is 1.13. The van der Waals surface area contributed by atoms with Crippen molar-refractivity contribution in [1.82, 2.24) is 5.32 Å². The van der Waals surface area contributed by atoms with Gasteiger partial charge in [-0.3, -0.25) is 9.36 Å². The summed E-state index contributed by atoms with van der Waals surface area (Å²) in [6.45, 7) is 4.19. The van der Waals surface area contributed by atoms with Gasteiger partial charge in [-0.15, -0.1) is 0 Å². The average molecular weight is 623 g/mol. The Kier molecular flexibility index (Phi) is 25.5. The Morgan fingerprint density at radius 1 is 0.738 bits per heavy atom. The molecular formula is C31H63N2O8P. The number of alkyl carbamates (subject to hydrolysis) is 1. The first-order chi connectivity index (χ1) is 20.0. The minimum Gasteiger partial charge on any atom is -0.756 e. The van der Waals surface area contributed by atoms with Crippen LogP contribution in [0.15, 0.2) is 0 Å². The molecule has 2 unspecified atom stereocenters. The van der Waals surface area contributed by atoms with Gasteiger partial charge in [-0.25, -0.2) is 4.79 Å². The second kappa shape index (κ2) is 26.2. The Labute approximate surface area is 256 Å². The van der Waals surface area contributed by atoms with Crippen molar-refractivity contribution in [3.05, 3.63) is 0 Å². The molecule has 0 fully saturated rings. The molecule has 0 aromatic carbocycles. The summed E-state index contributed by atoms with van der Waals surface area (Å²) in [5.41, 5.74) is 0. The molecule has 0 aromatic heterocycles. The monoisotopic (exact) mass is 622 g/mol. The molecule has 0 aliphatic carbocycles. The third-order valence-corrected chi connectivity index (χ3v) is 7.85. The van der Waals surface area contributed by atoms with Crippen molar-refractivity contribution >= 4 is 19.9 Å². The van der Waals surface area contributed by atoms with Gasteiger partial charge in [0.2, 0.25) is 0 Å². The molecule has 42 heavy (non-hydrogen) atoms. The molecule has 0 aliphatic heterocycles. The maximum Gasteiger partial charge on any atom is 0.407 e. The SMILES string of the molecule is CCCCCCCCCCCCCCCCCCNC(=O)OCC(COP(=O)([O-])OCC[N+](C)(C)C)OC(=O)CCC. The summed E-state index contributed by atoms with van der Waals surface area (Å²) in [6, 6.07) is 0. The number of phosphoric acid groups is 1. The summed E-state index contributed by atoms with van der Waals surface area (Å²) in [6.07, 6.45) is 19.6. The van der Waals surface area contributed by atoms with Crippen LogP contribution in [-0.2, 0) is 27.9 Å². The Balaban J connectivity index is 3.97. The number of carbonyl (C=O) groups is 2. The third-order valence-electron chi connectivity index (χ3n) is 6.88. The number of nitrogens with one attached hydrogen (secondary N) is 1. The number of unbranched alkanes of at least 4 members (excludes halogenated alkanes) is 15. The number of phosphoric ester groups is 1. The number of ether oxygens (including phenoxy) is 2. The van der Waals surface area contributed by atoms with Crippen LogP contribution in [0.3, 0.4) is 0 Å². The first-order valence-corrected chi connectivity index (χ1v) is 18.0. The quantitative estimate of drug-likeness (QED) is 0.0414. The van der Waals surface area contributed by atoms with Crippen molar-refractivity contribution < 1.29 is 42.1 Å². The molecule has 0 bridgehead atoms. The number of esters is 1. The van der Waals surface area contributed by atoms with E-state index in [0.717, 1.165) is 19.3 Å². The van der Waals surface area contributed by atoms with Crippen molar-refractivity contribution in [3.63, 3.8) is 0 Å². The van der Waals surface area contributed by atoms with Gasteiger partial charge in [0.25, 0.3) is 7.82 Å². The van der Waals surface area contributed by atoms with E-state index < -0.39 is 32.6 Å². The largest absolute Gasteiger partial charge is 0.756 e. The molecule has 0 heterocycles. The van der Waals surface area contributed by atoms with E-state index in [1.807, 2.05) is 28.1 Å². The highest BCUT2D eigenvalue weighted by Crippen LogP contribution is 2.38. The molecule has 0 spiro atoms. The second-order valence-electron chi connectivity index (χ2n) is 12.3. The zero-order chi connectivity index (χ0) is 31.5. The fourth-order valence-electron chi connectivity index (χ4n) is 4.29. The van der Waals surface area contributed by atoms with Crippen molar-refractivity contribution in [2.45, 2.75) is 136 Å². The maximum atomic E-state index is 12.1. The van der Waals surface area contributed by atoms with E-state index in [1.54, 1.807) is 0 Å². The molecule has 10 nitrogen and oxygen atoms in total. The molecule has 250 valence electrons. The van der Waals surface area contributed by atoms with Crippen LogP contribution >= 0.6 is 7.82 Å². The number of carbonyl (C=O) groups excluding carboxylic acids is 2. The van der Waals surface area contributed by atoms with Crippen molar-refractivity contribution in [2.75, 3.05) is 54.1 Å². The van der Waals surface area contributed by atoms with Gasteiger partial charge in [0.1, 0.15) is 19.8 Å². The molecule has 0 saturated heterocycles. The van der Waals surface area contributed by atoms with Gasteiger partial charge in [0.15, 0.2) is 6.10 Å². The van der Waals surface area contributed by atoms with E-state index >= 15 is 0 Å². The van der Waals surface area contributed by atoms with Gasteiger partial charge < -0.3 is 33.2 Å². The first-order valence-electron chi connectivity index (χ1n) is 16.5. The van der Waals surface area contributed by atoms with E-state index in [-0.39, 0.29) is 19.6 Å². The second-order valence-corrected chi connectivity index (χ2v) is 13.7. The van der Waals surface area contributed by atoms with E-state index in [2.05, 4.69) is 12.2 Å². The predicted octanol–water partition coefficient (Wildman–Crippen LogP) is 6.89. The van der Waals surface area contributed by atoms with Crippen molar-refractivity contribution in [1.29, 1.82) is 0 Å². The molecular weight excluding hydrogens is 559 g/mol. The summed E-state index contributed by atoms with van der Waals surface area (Å²) >= 11 is 0. The molecule has 0 rings (SSSR count). The van der Waals surface area contributed by atoms with E-state index in [1.165, 1.54) is 83.5 Å². The molecule has 0 radical (unpaired) electrons. The van der Waals surface area contributed by atoms with Gasteiger partial charge in [-0.2, -0.15) is 0 Å². The van der Waals surface area contributed by atoms with Crippen LogP contribution < -0.4 is 10.2 Å². The van der Waals surface area contributed by atoms with E-state index in [9.17, 15) is 19.0 Å². The van der Waals surface area contributed by atoms with Crippen LogP contribution in [0.4, 0.5) is 4.79 Å². The van der Waals surface area contributed by atoms with Gasteiger partial charge in [0, 0.05) is 13.0 Å². The van der Waals surface area contributed by atoms with Gasteiger partial charge in [-0.1, -0.05) is 110 Å². The van der Waals surface area contributed by atoms with Crippen LogP contribution in [-0.4, -0.2) is 76.7 Å². The number of hydrogen-bond acceptors (Lipinski definition) is 8. The Morgan fingerprint density at radius 2 is 1.24 bits per heavy atom. The number of hydrogen-bond donors (Lipinski definition) is 1. The summed E-state index contributed by atoms with van der Waals surface area (Å²) < 4.78 is 32.8. The Morgan fingerprint density at radius 3 is 1.71 bits per heavy atom. The number of nitrogens with zero attached hydrogens (tertiary/aromatic N) is 1. The van der Waals surface area contributed by atoms with Crippen molar-refractivity contribution in [3.8, 4) is 0 Å². The Bertz CT molecular complexity index is 718. The van der Waals surface area contributed by atoms with E-state index in [0.29, 0.717) is 24.0 Å². The maximum absolute atomic E-state index is 12.1. The Hall–Kier alpha value is -1.19. The highest BCUT2D eigenvalue weighted by Gasteiger charge is 2.21. The predicted molar refractivity (Wildman–Crippen MR) is 166 cm³/mol. The van der Waals surface area contributed by atoms with E-state index in [4.69, 9.17) is 18.5 Å². The van der Waals surface area contributed by atoms with Gasteiger partial charge in [-0.05, 0) is 12.8 Å². The van der Waals surface area contributed by atoms with Crippen LogP contribution in [0, 0.1) is 0 Å². The molecule has 0 saturated carbocycles. The lowest BCUT2D eigenvalue weighted by molar-refractivity contribution is -0.870. The molecule has 0 aromatic rings. The average Bonchev–Trinajstić information content (AvgIpc) is 2.91. The highest BCUT2D eigenvalue weighted by molar-refractivity contribution is 7.45. The fourth-order valence-corrected chi connectivity index (χ4v) is 5.02. The van der Waals surface area contributed by atoms with Crippen LogP contribution in [0.5, 0.6) is 0 Å². The van der Waals surface area contributed by atoms with Crippen molar-refractivity contribution in [2.24, 2.45) is 0 Å². The minimum absolute atomic E-state index is 0.0389. The fraction of sp³-hybridized carbons (Fsp3) is 0.935. The normalized spacial score (nSPS) is 13.9. The smallest absolute Gasteiger partial charge is 0.407 e. The first kappa shape index (κ1) is 40.8. The molecule has 2 atom stereocenters. The van der Waals surface area contributed by atoms with Crippen LogP contribution in [0.1, 0.15) is 129 Å². The lowest BCUT2D eigenvalue weighted by Gasteiger charge is -2.28. The standard InChI is InChI=1S/C31H63N2O8P/c1-6-8-9-10-11-12-13-14-15-16-17-18-19-20-21-22-24-32-31(35)38-27-29(41-30(34)23-7-2)28-40-42(36,37)39-26-25-33(3,4)5/h29H,6-28H2,1-5H3,(H-,32,35,36,37).